The van der Waals surface area contributed by atoms with Gasteiger partial charge in [-0.1, -0.05) is 0 Å². The fourth-order valence-corrected chi connectivity index (χ4v) is 3.50. The van der Waals surface area contributed by atoms with Gasteiger partial charge >= 0.3 is 18.3 Å². The van der Waals surface area contributed by atoms with Gasteiger partial charge in [0, 0.05) is 24.2 Å². The van der Waals surface area contributed by atoms with E-state index in [4.69, 9.17) is 4.74 Å². The van der Waals surface area contributed by atoms with Gasteiger partial charge in [-0.25, -0.2) is 4.79 Å². The zero-order valence-electron chi connectivity index (χ0n) is 17.6. The van der Waals surface area contributed by atoms with E-state index < -0.39 is 47.3 Å². The first-order valence-corrected chi connectivity index (χ1v) is 9.85. The number of carbonyl (C=O) groups excluding carboxylic acids is 3. The van der Waals surface area contributed by atoms with Gasteiger partial charge in [-0.15, -0.1) is 0 Å². The summed E-state index contributed by atoms with van der Waals surface area (Å²) >= 11 is 0. The minimum atomic E-state index is -4.58. The highest BCUT2D eigenvalue weighted by Crippen LogP contribution is 2.30. The smallest absolute Gasteiger partial charge is 0.416 e. The van der Waals surface area contributed by atoms with Crippen molar-refractivity contribution in [3.8, 4) is 0 Å². The molecule has 0 aliphatic carbocycles. The normalized spacial score (nSPS) is 16.9. The fraction of sp³-hybridized carbons (Fsp3) is 0.318. The summed E-state index contributed by atoms with van der Waals surface area (Å²) in [6, 6.07) is 5.74. The van der Waals surface area contributed by atoms with Crippen LogP contribution in [0.15, 0.2) is 48.5 Å². The van der Waals surface area contributed by atoms with Crippen molar-refractivity contribution in [1.82, 2.24) is 9.80 Å². The van der Waals surface area contributed by atoms with Crippen LogP contribution in [0.3, 0.4) is 0 Å². The molecule has 1 unspecified atom stereocenters. The maximum Gasteiger partial charge on any atom is 0.416 e. The summed E-state index contributed by atoms with van der Waals surface area (Å²) in [4.78, 5) is 40.3. The molecule has 12 heteroatoms. The van der Waals surface area contributed by atoms with Gasteiger partial charge in [-0.2, -0.15) is 26.3 Å². The van der Waals surface area contributed by atoms with E-state index in [9.17, 15) is 40.7 Å². The van der Waals surface area contributed by atoms with Crippen LogP contribution in [0.5, 0.6) is 0 Å². The number of rotatable bonds is 3. The second-order valence-corrected chi connectivity index (χ2v) is 7.44. The molecule has 0 spiro atoms. The molecule has 1 heterocycles. The third kappa shape index (κ3) is 5.32. The summed E-state index contributed by atoms with van der Waals surface area (Å²) < 4.78 is 81.3. The Balaban J connectivity index is 1.78. The molecule has 1 saturated heterocycles. The predicted octanol–water partition coefficient (Wildman–Crippen LogP) is 3.86. The highest BCUT2D eigenvalue weighted by molar-refractivity contribution is 5.98. The topological polar surface area (TPSA) is 66.9 Å². The Kier molecular flexibility index (Phi) is 6.89. The molecular weight excluding hydrogens is 470 g/mol. The number of esters is 1. The van der Waals surface area contributed by atoms with Gasteiger partial charge in [0.1, 0.15) is 6.04 Å². The van der Waals surface area contributed by atoms with Gasteiger partial charge in [0.2, 0.25) is 0 Å². The third-order valence-electron chi connectivity index (χ3n) is 5.32. The molecule has 1 aliphatic rings. The van der Waals surface area contributed by atoms with Crippen molar-refractivity contribution >= 4 is 17.8 Å². The van der Waals surface area contributed by atoms with Gasteiger partial charge in [-0.05, 0) is 48.5 Å². The number of amides is 2. The van der Waals surface area contributed by atoms with Gasteiger partial charge in [0.25, 0.3) is 11.8 Å². The van der Waals surface area contributed by atoms with Crippen molar-refractivity contribution in [3.05, 3.63) is 70.8 Å². The Labute approximate surface area is 189 Å². The second-order valence-electron chi connectivity index (χ2n) is 7.44. The highest BCUT2D eigenvalue weighted by atomic mass is 19.4. The van der Waals surface area contributed by atoms with Crippen molar-refractivity contribution in [2.24, 2.45) is 0 Å². The molecule has 1 atom stereocenters. The first-order valence-electron chi connectivity index (χ1n) is 9.85. The molecule has 3 rings (SSSR count). The maximum absolute atomic E-state index is 12.9. The summed E-state index contributed by atoms with van der Waals surface area (Å²) in [5.41, 5.74) is -2.01. The lowest BCUT2D eigenvalue weighted by molar-refractivity contribution is -0.147. The standard InChI is InChI=1S/C22H18F6N2O4/c1-34-20(33)17-12-29(18(31)13-2-6-15(7-3-13)21(23,24)25)10-11-30(17)19(32)14-4-8-16(9-5-14)22(26,27)28/h2-9,17H,10-12H2,1H3. The second kappa shape index (κ2) is 9.35. The molecule has 1 fully saturated rings. The molecule has 0 aromatic heterocycles. The molecule has 2 aromatic carbocycles. The number of hydrogen-bond acceptors (Lipinski definition) is 4. The number of hydrogen-bond donors (Lipinski definition) is 0. The van der Waals surface area contributed by atoms with Crippen LogP contribution >= 0.6 is 0 Å². The summed E-state index contributed by atoms with van der Waals surface area (Å²) in [7, 11) is 1.07. The number of halogens is 6. The number of nitrogens with zero attached hydrogens (tertiary/aromatic N) is 2. The predicted molar refractivity (Wildman–Crippen MR) is 106 cm³/mol. The van der Waals surface area contributed by atoms with E-state index in [0.29, 0.717) is 0 Å². The van der Waals surface area contributed by atoms with Crippen LogP contribution in [0.2, 0.25) is 0 Å². The molecule has 2 amide bonds. The lowest BCUT2D eigenvalue weighted by atomic mass is 10.1. The minimum Gasteiger partial charge on any atom is -0.467 e. The van der Waals surface area contributed by atoms with Gasteiger partial charge in [-0.3, -0.25) is 9.59 Å². The largest absolute Gasteiger partial charge is 0.467 e. The van der Waals surface area contributed by atoms with E-state index in [0.717, 1.165) is 60.5 Å². The van der Waals surface area contributed by atoms with Crippen LogP contribution in [0.1, 0.15) is 31.8 Å². The number of carbonyl (C=O) groups is 3. The molecule has 0 saturated carbocycles. The Morgan fingerprint density at radius 1 is 0.765 bits per heavy atom. The maximum atomic E-state index is 12.9. The molecule has 0 bridgehead atoms. The Hall–Kier alpha value is -3.57. The molecule has 0 N–H and O–H groups in total. The summed E-state index contributed by atoms with van der Waals surface area (Å²) in [5, 5.41) is 0. The monoisotopic (exact) mass is 488 g/mol. The molecule has 6 nitrogen and oxygen atoms in total. The number of ether oxygens (including phenoxy) is 1. The zero-order chi connectivity index (χ0) is 25.3. The molecule has 182 valence electrons. The van der Waals surface area contributed by atoms with Gasteiger partial charge < -0.3 is 14.5 Å². The fourth-order valence-electron chi connectivity index (χ4n) is 3.50. The summed E-state index contributed by atoms with van der Waals surface area (Å²) in [5.74, 6) is -2.24. The lowest BCUT2D eigenvalue weighted by Gasteiger charge is -2.40. The number of alkyl halides is 6. The Morgan fingerprint density at radius 2 is 1.21 bits per heavy atom. The van der Waals surface area contributed by atoms with Crippen LogP contribution < -0.4 is 0 Å². The van der Waals surface area contributed by atoms with Crippen LogP contribution in [0.4, 0.5) is 26.3 Å². The van der Waals surface area contributed by atoms with Crippen LogP contribution in [0, 0.1) is 0 Å². The van der Waals surface area contributed by atoms with E-state index in [2.05, 4.69) is 0 Å². The van der Waals surface area contributed by atoms with Crippen molar-refractivity contribution in [3.63, 3.8) is 0 Å². The van der Waals surface area contributed by atoms with E-state index >= 15 is 0 Å². The molecule has 0 radical (unpaired) electrons. The lowest BCUT2D eigenvalue weighted by Crippen LogP contribution is -2.59. The van der Waals surface area contributed by atoms with E-state index in [-0.39, 0.29) is 30.8 Å². The van der Waals surface area contributed by atoms with Gasteiger partial charge in [0.05, 0.1) is 24.8 Å². The quantitative estimate of drug-likeness (QED) is 0.486. The number of methoxy groups -OCH3 is 1. The van der Waals surface area contributed by atoms with Crippen molar-refractivity contribution in [1.29, 1.82) is 0 Å². The molecule has 2 aromatic rings. The highest BCUT2D eigenvalue weighted by Gasteiger charge is 2.39. The Bertz CT molecular complexity index is 1060. The Morgan fingerprint density at radius 3 is 1.62 bits per heavy atom. The van der Waals surface area contributed by atoms with Crippen LogP contribution in [-0.2, 0) is 21.9 Å². The number of benzene rings is 2. The molecule has 34 heavy (non-hydrogen) atoms. The van der Waals surface area contributed by atoms with Crippen LogP contribution in [-0.4, -0.2) is 60.4 Å². The average Bonchev–Trinajstić information content (AvgIpc) is 2.81. The van der Waals surface area contributed by atoms with Gasteiger partial charge in [0.15, 0.2) is 0 Å². The zero-order valence-corrected chi connectivity index (χ0v) is 17.6. The summed E-state index contributed by atoms with van der Waals surface area (Å²) in [6.07, 6.45) is -9.15. The summed E-state index contributed by atoms with van der Waals surface area (Å²) in [6.45, 7) is -0.509. The minimum absolute atomic E-state index is 0.0425. The molecule has 1 aliphatic heterocycles. The number of piperazine rings is 1. The third-order valence-corrected chi connectivity index (χ3v) is 5.32. The van der Waals surface area contributed by atoms with Crippen molar-refractivity contribution < 1.29 is 45.5 Å². The van der Waals surface area contributed by atoms with Crippen LogP contribution in [0.25, 0.3) is 0 Å². The molecular formula is C22H18F6N2O4. The van der Waals surface area contributed by atoms with E-state index in [1.165, 1.54) is 4.90 Å². The SMILES string of the molecule is COC(=O)C1CN(C(=O)c2ccc(C(F)(F)F)cc2)CCN1C(=O)c1ccc(C(F)(F)F)cc1. The average molecular weight is 488 g/mol. The first kappa shape index (κ1) is 25.1. The first-order chi connectivity index (χ1) is 15.8. The van der Waals surface area contributed by atoms with Crippen molar-refractivity contribution in [2.75, 3.05) is 26.7 Å². The van der Waals surface area contributed by atoms with Crippen molar-refractivity contribution in [2.45, 2.75) is 18.4 Å². The van der Waals surface area contributed by atoms with E-state index in [1.807, 2.05) is 0 Å². The van der Waals surface area contributed by atoms with E-state index in [1.54, 1.807) is 0 Å².